The zero-order valence-electron chi connectivity index (χ0n) is 19.0. The lowest BCUT2D eigenvalue weighted by atomic mass is 9.78. The van der Waals surface area contributed by atoms with Gasteiger partial charge in [-0.2, -0.15) is 0 Å². The van der Waals surface area contributed by atoms with Crippen LogP contribution in [0.2, 0.25) is 0 Å². The Morgan fingerprint density at radius 1 is 1.13 bits per heavy atom. The standard InChI is InChI=1S/C23H31NO5S/c1-9-29-20(27)13(2)24-19(26)17(30-21(24)28)12-14-10-15(22(3,4)5)18(25)16(11-14)23(6,7)8/h10-13,25H,9H2,1-8H3/b17-12+/t13-/m0/s1. The number of carbonyl (C=O) groups excluding carboxylic acids is 3. The summed E-state index contributed by atoms with van der Waals surface area (Å²) < 4.78 is 4.94. The highest BCUT2D eigenvalue weighted by molar-refractivity contribution is 8.18. The molecule has 1 fully saturated rings. The van der Waals surface area contributed by atoms with E-state index in [0.29, 0.717) is 0 Å². The van der Waals surface area contributed by atoms with Crippen molar-refractivity contribution in [1.29, 1.82) is 0 Å². The maximum Gasteiger partial charge on any atom is 0.329 e. The fourth-order valence-electron chi connectivity index (χ4n) is 3.22. The van der Waals surface area contributed by atoms with Crippen LogP contribution in [-0.2, 0) is 25.2 Å². The zero-order valence-corrected chi connectivity index (χ0v) is 19.8. The van der Waals surface area contributed by atoms with Crippen molar-refractivity contribution in [2.45, 2.75) is 72.3 Å². The van der Waals surface area contributed by atoms with E-state index < -0.39 is 23.2 Å². The molecule has 0 spiro atoms. The minimum absolute atomic E-state index is 0.175. The molecule has 1 aliphatic heterocycles. The first-order valence-electron chi connectivity index (χ1n) is 10.00. The Bertz CT molecular complexity index is 870. The molecule has 1 aromatic rings. The summed E-state index contributed by atoms with van der Waals surface area (Å²) in [6, 6.07) is 2.69. The summed E-state index contributed by atoms with van der Waals surface area (Å²) >= 11 is 0.800. The number of hydrogen-bond donors (Lipinski definition) is 1. The molecule has 0 radical (unpaired) electrons. The third kappa shape index (κ3) is 4.89. The molecule has 0 bridgehead atoms. The van der Waals surface area contributed by atoms with Crippen molar-refractivity contribution in [3.05, 3.63) is 33.7 Å². The van der Waals surface area contributed by atoms with Crippen molar-refractivity contribution in [2.75, 3.05) is 6.61 Å². The van der Waals surface area contributed by atoms with Crippen LogP contribution in [0.4, 0.5) is 4.79 Å². The molecule has 0 aromatic heterocycles. The summed E-state index contributed by atoms with van der Waals surface area (Å²) in [6.45, 7) is 15.4. The molecule has 1 heterocycles. The van der Waals surface area contributed by atoms with Crippen molar-refractivity contribution < 1.29 is 24.2 Å². The number of thioether (sulfide) groups is 1. The quantitative estimate of drug-likeness (QED) is 0.533. The Balaban J connectivity index is 2.52. The lowest BCUT2D eigenvalue weighted by Gasteiger charge is -2.28. The Kier molecular flexibility index (Phi) is 6.76. The first kappa shape index (κ1) is 24.0. The Morgan fingerprint density at radius 2 is 1.63 bits per heavy atom. The minimum atomic E-state index is -0.988. The number of carbonyl (C=O) groups is 3. The molecule has 2 amide bonds. The number of phenolic OH excluding ortho intramolecular Hbond substituents is 1. The molecule has 1 N–H and O–H groups in total. The topological polar surface area (TPSA) is 83.9 Å². The molecule has 30 heavy (non-hydrogen) atoms. The van der Waals surface area contributed by atoms with E-state index in [1.54, 1.807) is 13.0 Å². The van der Waals surface area contributed by atoms with Gasteiger partial charge in [-0.25, -0.2) is 4.79 Å². The Hall–Kier alpha value is -2.28. The largest absolute Gasteiger partial charge is 0.507 e. The van der Waals surface area contributed by atoms with E-state index >= 15 is 0 Å². The second-order valence-electron chi connectivity index (χ2n) is 9.44. The van der Waals surface area contributed by atoms with E-state index in [9.17, 15) is 19.5 Å². The molecule has 2 rings (SSSR count). The lowest BCUT2D eigenvalue weighted by Crippen LogP contribution is -2.42. The second-order valence-corrected chi connectivity index (χ2v) is 10.4. The normalized spacial score (nSPS) is 17.6. The fourth-order valence-corrected chi connectivity index (χ4v) is 4.13. The number of aromatic hydroxyl groups is 1. The molecule has 0 unspecified atom stereocenters. The molecule has 164 valence electrons. The van der Waals surface area contributed by atoms with Gasteiger partial charge in [-0.15, -0.1) is 0 Å². The van der Waals surface area contributed by atoms with E-state index in [4.69, 9.17) is 4.74 Å². The van der Waals surface area contributed by atoms with Crippen molar-refractivity contribution in [3.8, 4) is 5.75 Å². The van der Waals surface area contributed by atoms with E-state index in [1.807, 2.05) is 53.7 Å². The zero-order chi connectivity index (χ0) is 23.0. The first-order valence-corrected chi connectivity index (χ1v) is 10.8. The van der Waals surface area contributed by atoms with Gasteiger partial charge in [-0.05, 0) is 60.2 Å². The van der Waals surface area contributed by atoms with Crippen LogP contribution in [0.1, 0.15) is 72.1 Å². The molecular formula is C23H31NO5S. The highest BCUT2D eigenvalue weighted by Crippen LogP contribution is 2.41. The number of phenols is 1. The van der Waals surface area contributed by atoms with Gasteiger partial charge in [0.25, 0.3) is 11.1 Å². The highest BCUT2D eigenvalue weighted by Gasteiger charge is 2.41. The Morgan fingerprint density at radius 3 is 2.07 bits per heavy atom. The third-order valence-electron chi connectivity index (χ3n) is 4.88. The van der Waals surface area contributed by atoms with Gasteiger partial charge >= 0.3 is 5.97 Å². The lowest BCUT2D eigenvalue weighted by molar-refractivity contribution is -0.150. The number of esters is 1. The van der Waals surface area contributed by atoms with Crippen LogP contribution in [0.25, 0.3) is 6.08 Å². The number of ether oxygens (including phenoxy) is 1. The average Bonchev–Trinajstić information content (AvgIpc) is 2.87. The SMILES string of the molecule is CCOC(=O)[C@H](C)N1C(=O)S/C(=C/c2cc(C(C)(C)C)c(O)c(C(C)(C)C)c2)C1=O. The van der Waals surface area contributed by atoms with Crippen LogP contribution >= 0.6 is 11.8 Å². The van der Waals surface area contributed by atoms with Crippen LogP contribution in [0.3, 0.4) is 0 Å². The molecule has 1 aliphatic rings. The number of nitrogens with zero attached hydrogens (tertiary/aromatic N) is 1. The van der Waals surface area contributed by atoms with Crippen LogP contribution in [0.5, 0.6) is 5.75 Å². The molecule has 6 nitrogen and oxygen atoms in total. The number of benzene rings is 1. The molecule has 1 atom stereocenters. The number of rotatable bonds is 4. The summed E-state index contributed by atoms with van der Waals surface area (Å²) in [5.41, 5.74) is 1.62. The summed E-state index contributed by atoms with van der Waals surface area (Å²) in [6.07, 6.45) is 1.65. The van der Waals surface area contributed by atoms with Crippen LogP contribution in [-0.4, -0.2) is 39.8 Å². The van der Waals surface area contributed by atoms with Crippen molar-refractivity contribution in [1.82, 2.24) is 4.90 Å². The minimum Gasteiger partial charge on any atom is -0.507 e. The summed E-state index contributed by atoms with van der Waals surface area (Å²) in [4.78, 5) is 38.5. The highest BCUT2D eigenvalue weighted by atomic mass is 32.2. The van der Waals surface area contributed by atoms with Gasteiger partial charge in [0.05, 0.1) is 11.5 Å². The number of hydrogen-bond acceptors (Lipinski definition) is 6. The fraction of sp³-hybridized carbons (Fsp3) is 0.522. The van der Waals surface area contributed by atoms with Gasteiger partial charge in [0.1, 0.15) is 11.8 Å². The molecular weight excluding hydrogens is 402 g/mol. The van der Waals surface area contributed by atoms with Gasteiger partial charge in [0.2, 0.25) is 0 Å². The number of imide groups is 1. The molecule has 0 aliphatic carbocycles. The van der Waals surface area contributed by atoms with Gasteiger partial charge in [0.15, 0.2) is 0 Å². The van der Waals surface area contributed by atoms with Gasteiger partial charge in [-0.1, -0.05) is 41.5 Å². The predicted molar refractivity (Wildman–Crippen MR) is 119 cm³/mol. The first-order chi connectivity index (χ1) is 13.7. The monoisotopic (exact) mass is 433 g/mol. The van der Waals surface area contributed by atoms with E-state index in [-0.39, 0.29) is 28.1 Å². The second kappa shape index (κ2) is 8.46. The molecule has 1 saturated heterocycles. The van der Waals surface area contributed by atoms with E-state index in [0.717, 1.165) is 33.4 Å². The molecule has 7 heteroatoms. The third-order valence-corrected chi connectivity index (χ3v) is 5.77. The van der Waals surface area contributed by atoms with E-state index in [2.05, 4.69) is 0 Å². The van der Waals surface area contributed by atoms with Gasteiger partial charge in [0, 0.05) is 11.1 Å². The maximum atomic E-state index is 12.9. The van der Waals surface area contributed by atoms with Crippen molar-refractivity contribution in [3.63, 3.8) is 0 Å². The van der Waals surface area contributed by atoms with Crippen LogP contribution in [0.15, 0.2) is 17.0 Å². The summed E-state index contributed by atoms with van der Waals surface area (Å²) in [5.74, 6) is -0.889. The smallest absolute Gasteiger partial charge is 0.329 e. The summed E-state index contributed by atoms with van der Waals surface area (Å²) in [5, 5.41) is 10.4. The van der Waals surface area contributed by atoms with Crippen molar-refractivity contribution in [2.24, 2.45) is 0 Å². The average molecular weight is 434 g/mol. The van der Waals surface area contributed by atoms with Gasteiger partial charge in [-0.3, -0.25) is 14.5 Å². The van der Waals surface area contributed by atoms with Crippen LogP contribution < -0.4 is 0 Å². The molecule has 0 saturated carbocycles. The summed E-state index contributed by atoms with van der Waals surface area (Å²) in [7, 11) is 0. The van der Waals surface area contributed by atoms with Gasteiger partial charge < -0.3 is 9.84 Å². The maximum absolute atomic E-state index is 12.9. The predicted octanol–water partition coefficient (Wildman–Crippen LogP) is 4.98. The van der Waals surface area contributed by atoms with Crippen molar-refractivity contribution >= 4 is 35.0 Å². The van der Waals surface area contributed by atoms with E-state index in [1.165, 1.54) is 6.92 Å². The Labute approximate surface area is 182 Å². The molecule has 1 aromatic carbocycles. The van der Waals surface area contributed by atoms with Crippen LogP contribution in [0, 0.1) is 0 Å². The number of amides is 2.